The van der Waals surface area contributed by atoms with Crippen molar-refractivity contribution in [3.63, 3.8) is 0 Å². The number of carbonyl (C=O) groups is 1. The highest BCUT2D eigenvalue weighted by Gasteiger charge is 1.99. The van der Waals surface area contributed by atoms with E-state index in [2.05, 4.69) is 31.2 Å². The van der Waals surface area contributed by atoms with Gasteiger partial charge in [-0.2, -0.15) is 0 Å². The molecule has 23 heavy (non-hydrogen) atoms. The minimum atomic E-state index is 0.0589. The van der Waals surface area contributed by atoms with Crippen LogP contribution in [0, 0.1) is 0 Å². The van der Waals surface area contributed by atoms with Gasteiger partial charge >= 0.3 is 0 Å². The molecule has 0 spiro atoms. The second-order valence-corrected chi connectivity index (χ2v) is 5.65. The first-order chi connectivity index (χ1) is 11.2. The molecule has 0 fully saturated rings. The monoisotopic (exact) mass is 308 g/mol. The summed E-state index contributed by atoms with van der Waals surface area (Å²) in [5.74, 6) is 0.981. The minimum Gasteiger partial charge on any atom is -0.494 e. The van der Waals surface area contributed by atoms with E-state index in [1.807, 2.05) is 30.3 Å². The fourth-order valence-corrected chi connectivity index (χ4v) is 2.29. The summed E-state index contributed by atoms with van der Waals surface area (Å²) in [7, 11) is 0. The van der Waals surface area contributed by atoms with Gasteiger partial charge in [0.2, 0.25) is 0 Å². The maximum Gasteiger partial charge on any atom is 0.152 e. The number of carbonyl (C=O) groups excluding carboxylic acids is 1. The fraction of sp³-hybridized carbons (Fsp3) is 0.286. The molecule has 0 bridgehead atoms. The molecule has 0 saturated carbocycles. The van der Waals surface area contributed by atoms with E-state index in [1.54, 1.807) is 13.0 Å². The van der Waals surface area contributed by atoms with Gasteiger partial charge in [-0.25, -0.2) is 0 Å². The Morgan fingerprint density at radius 1 is 0.957 bits per heavy atom. The first-order valence-electron chi connectivity index (χ1n) is 8.21. The fourth-order valence-electron chi connectivity index (χ4n) is 2.29. The standard InChI is InChI=1S/C21H24O2/c1-3-4-5-16-23-21-14-12-20(13-15-21)19-10-8-18(9-11-19)7-6-17(2)22/h6-15H,3-5,16H2,1-2H3. The van der Waals surface area contributed by atoms with Crippen LogP contribution >= 0.6 is 0 Å². The van der Waals surface area contributed by atoms with Crippen molar-refractivity contribution >= 4 is 11.9 Å². The Labute approximate surface area is 138 Å². The van der Waals surface area contributed by atoms with Crippen molar-refractivity contribution in [1.82, 2.24) is 0 Å². The molecule has 0 heterocycles. The van der Waals surface area contributed by atoms with Crippen LogP contribution in [0.25, 0.3) is 17.2 Å². The van der Waals surface area contributed by atoms with Crippen molar-refractivity contribution < 1.29 is 9.53 Å². The molecule has 120 valence electrons. The van der Waals surface area contributed by atoms with Crippen LogP contribution in [0.4, 0.5) is 0 Å². The van der Waals surface area contributed by atoms with Crippen LogP contribution in [0.15, 0.2) is 54.6 Å². The van der Waals surface area contributed by atoms with Crippen molar-refractivity contribution in [2.75, 3.05) is 6.61 Å². The average molecular weight is 308 g/mol. The minimum absolute atomic E-state index is 0.0589. The third-order valence-electron chi connectivity index (χ3n) is 3.63. The Kier molecular flexibility index (Phi) is 6.61. The van der Waals surface area contributed by atoms with Gasteiger partial charge in [0, 0.05) is 0 Å². The van der Waals surface area contributed by atoms with Crippen molar-refractivity contribution in [3.8, 4) is 16.9 Å². The predicted molar refractivity (Wildman–Crippen MR) is 96.6 cm³/mol. The first kappa shape index (κ1) is 17.0. The second-order valence-electron chi connectivity index (χ2n) is 5.65. The van der Waals surface area contributed by atoms with Gasteiger partial charge in [0.15, 0.2) is 5.78 Å². The van der Waals surface area contributed by atoms with Crippen LogP contribution in [0.5, 0.6) is 5.75 Å². The molecule has 0 atom stereocenters. The Morgan fingerprint density at radius 3 is 2.13 bits per heavy atom. The Balaban J connectivity index is 1.97. The highest BCUT2D eigenvalue weighted by atomic mass is 16.5. The third kappa shape index (κ3) is 5.74. The van der Waals surface area contributed by atoms with Gasteiger partial charge in [-0.3, -0.25) is 4.79 Å². The van der Waals surface area contributed by atoms with E-state index in [1.165, 1.54) is 12.8 Å². The van der Waals surface area contributed by atoms with Crippen molar-refractivity contribution in [3.05, 3.63) is 60.2 Å². The summed E-state index contributed by atoms with van der Waals surface area (Å²) in [6, 6.07) is 16.4. The van der Waals surface area contributed by atoms with Crippen molar-refractivity contribution in [2.24, 2.45) is 0 Å². The SMILES string of the molecule is CCCCCOc1ccc(-c2ccc(C=CC(C)=O)cc2)cc1. The van der Waals surface area contributed by atoms with E-state index in [0.717, 1.165) is 35.5 Å². The molecule has 0 saturated heterocycles. The van der Waals surface area contributed by atoms with Crippen molar-refractivity contribution in [2.45, 2.75) is 33.1 Å². The van der Waals surface area contributed by atoms with E-state index in [-0.39, 0.29) is 5.78 Å². The molecule has 0 aliphatic rings. The maximum atomic E-state index is 11.0. The largest absolute Gasteiger partial charge is 0.494 e. The molecular weight excluding hydrogens is 284 g/mol. The van der Waals surface area contributed by atoms with Crippen LogP contribution in [-0.2, 0) is 4.79 Å². The number of ether oxygens (including phenoxy) is 1. The predicted octanol–water partition coefficient (Wildman–Crippen LogP) is 5.52. The summed E-state index contributed by atoms with van der Waals surface area (Å²) in [5, 5.41) is 0. The van der Waals surface area contributed by atoms with E-state index < -0.39 is 0 Å². The molecule has 2 aromatic rings. The molecule has 0 amide bonds. The summed E-state index contributed by atoms with van der Waals surface area (Å²) in [5.41, 5.74) is 3.34. The van der Waals surface area contributed by atoms with Gasteiger partial charge in [-0.15, -0.1) is 0 Å². The van der Waals surface area contributed by atoms with Crippen molar-refractivity contribution in [1.29, 1.82) is 0 Å². The van der Waals surface area contributed by atoms with E-state index in [0.29, 0.717) is 0 Å². The van der Waals surface area contributed by atoms with Crippen LogP contribution in [-0.4, -0.2) is 12.4 Å². The normalized spacial score (nSPS) is 10.9. The zero-order valence-electron chi connectivity index (χ0n) is 13.9. The van der Waals surface area contributed by atoms with Gasteiger partial charge in [0.05, 0.1) is 6.61 Å². The first-order valence-corrected chi connectivity index (χ1v) is 8.21. The molecule has 2 rings (SSSR count). The zero-order valence-corrected chi connectivity index (χ0v) is 13.9. The molecule has 2 nitrogen and oxygen atoms in total. The van der Waals surface area contributed by atoms with Crippen LogP contribution in [0.1, 0.15) is 38.7 Å². The van der Waals surface area contributed by atoms with E-state index in [4.69, 9.17) is 4.74 Å². The Hall–Kier alpha value is -2.35. The lowest BCUT2D eigenvalue weighted by Gasteiger charge is -2.07. The molecule has 0 radical (unpaired) electrons. The molecule has 2 aromatic carbocycles. The smallest absolute Gasteiger partial charge is 0.152 e. The number of hydrogen-bond donors (Lipinski definition) is 0. The lowest BCUT2D eigenvalue weighted by molar-refractivity contribution is -0.112. The highest BCUT2D eigenvalue weighted by Crippen LogP contribution is 2.23. The molecular formula is C21H24O2. The molecule has 0 aliphatic heterocycles. The van der Waals surface area contributed by atoms with Crippen LogP contribution < -0.4 is 4.74 Å². The number of benzene rings is 2. The van der Waals surface area contributed by atoms with Crippen LogP contribution in [0.3, 0.4) is 0 Å². The van der Waals surface area contributed by atoms with E-state index >= 15 is 0 Å². The molecule has 0 N–H and O–H groups in total. The lowest BCUT2D eigenvalue weighted by atomic mass is 10.0. The highest BCUT2D eigenvalue weighted by molar-refractivity contribution is 5.91. The zero-order chi connectivity index (χ0) is 16.5. The number of rotatable bonds is 8. The van der Waals surface area contributed by atoms with Gasteiger partial charge in [0.1, 0.15) is 5.75 Å². The lowest BCUT2D eigenvalue weighted by Crippen LogP contribution is -1.96. The Morgan fingerprint density at radius 2 is 1.57 bits per heavy atom. The number of allylic oxidation sites excluding steroid dienone is 1. The third-order valence-corrected chi connectivity index (χ3v) is 3.63. The number of unbranched alkanes of at least 4 members (excludes halogenated alkanes) is 2. The maximum absolute atomic E-state index is 11.0. The molecule has 0 unspecified atom stereocenters. The number of hydrogen-bond acceptors (Lipinski definition) is 2. The second kappa shape index (κ2) is 8.94. The quantitative estimate of drug-likeness (QED) is 0.474. The van der Waals surface area contributed by atoms with Gasteiger partial charge in [-0.05, 0) is 48.2 Å². The van der Waals surface area contributed by atoms with Gasteiger partial charge in [-0.1, -0.05) is 62.2 Å². The summed E-state index contributed by atoms with van der Waals surface area (Å²) < 4.78 is 5.73. The summed E-state index contributed by atoms with van der Waals surface area (Å²) in [4.78, 5) is 11.0. The number of ketones is 1. The summed E-state index contributed by atoms with van der Waals surface area (Å²) in [6.45, 7) is 4.52. The van der Waals surface area contributed by atoms with E-state index in [9.17, 15) is 4.79 Å². The van der Waals surface area contributed by atoms with Gasteiger partial charge < -0.3 is 4.74 Å². The average Bonchev–Trinajstić information content (AvgIpc) is 2.58. The summed E-state index contributed by atoms with van der Waals surface area (Å²) in [6.07, 6.45) is 6.94. The molecule has 0 aromatic heterocycles. The van der Waals surface area contributed by atoms with Gasteiger partial charge in [0.25, 0.3) is 0 Å². The Bertz CT molecular complexity index is 637. The topological polar surface area (TPSA) is 26.3 Å². The molecule has 0 aliphatic carbocycles. The molecule has 2 heteroatoms. The summed E-state index contributed by atoms with van der Waals surface area (Å²) >= 11 is 0. The van der Waals surface area contributed by atoms with Crippen LogP contribution in [0.2, 0.25) is 0 Å².